The monoisotopic (exact) mass is 410 g/mol. The lowest BCUT2D eigenvalue weighted by Gasteiger charge is -2.11. The van der Waals surface area contributed by atoms with Crippen LogP contribution in [-0.2, 0) is 11.3 Å². The van der Waals surface area contributed by atoms with Crippen LogP contribution >= 0.6 is 11.8 Å². The van der Waals surface area contributed by atoms with Crippen molar-refractivity contribution in [1.29, 1.82) is 0 Å². The van der Waals surface area contributed by atoms with Gasteiger partial charge < -0.3 is 14.6 Å². The number of aryl methyl sites for hydroxylation is 1. The molecular formula is C22H26N4O2S. The van der Waals surface area contributed by atoms with Crippen LogP contribution in [0.4, 0.5) is 5.69 Å². The van der Waals surface area contributed by atoms with Crippen molar-refractivity contribution in [2.45, 2.75) is 38.4 Å². The molecule has 0 aliphatic heterocycles. The molecule has 29 heavy (non-hydrogen) atoms. The topological polar surface area (TPSA) is 69.0 Å². The van der Waals surface area contributed by atoms with Gasteiger partial charge in [-0.2, -0.15) is 0 Å². The molecule has 6 nitrogen and oxygen atoms in total. The lowest BCUT2D eigenvalue weighted by atomic mass is 10.2. The number of carbonyl (C=O) groups excluding carboxylic acids is 1. The fraction of sp³-hybridized carbons (Fsp3) is 0.318. The van der Waals surface area contributed by atoms with E-state index in [1.54, 1.807) is 7.11 Å². The predicted molar refractivity (Wildman–Crippen MR) is 117 cm³/mol. The van der Waals surface area contributed by atoms with Crippen LogP contribution in [-0.4, -0.2) is 33.5 Å². The number of benzene rings is 2. The molecule has 1 N–H and O–H groups in total. The van der Waals surface area contributed by atoms with Gasteiger partial charge in [-0.15, -0.1) is 10.2 Å². The number of carbonyl (C=O) groups is 1. The van der Waals surface area contributed by atoms with Crippen molar-refractivity contribution >= 4 is 23.4 Å². The van der Waals surface area contributed by atoms with Gasteiger partial charge in [0.25, 0.3) is 0 Å². The van der Waals surface area contributed by atoms with E-state index in [0.717, 1.165) is 52.9 Å². The molecule has 0 saturated carbocycles. The van der Waals surface area contributed by atoms with Gasteiger partial charge in [0, 0.05) is 17.8 Å². The van der Waals surface area contributed by atoms with E-state index in [2.05, 4.69) is 27.0 Å². The van der Waals surface area contributed by atoms with Gasteiger partial charge in [0.15, 0.2) is 11.0 Å². The summed E-state index contributed by atoms with van der Waals surface area (Å²) in [7, 11) is 1.65. The zero-order valence-corrected chi connectivity index (χ0v) is 17.8. The number of anilines is 1. The van der Waals surface area contributed by atoms with Gasteiger partial charge in [-0.1, -0.05) is 43.3 Å². The molecule has 0 bridgehead atoms. The number of rotatable bonds is 9. The molecular weight excluding hydrogens is 384 g/mol. The highest BCUT2D eigenvalue weighted by Gasteiger charge is 2.16. The number of thioether (sulfide) groups is 1. The fourth-order valence-corrected chi connectivity index (χ4v) is 3.66. The summed E-state index contributed by atoms with van der Waals surface area (Å²) in [5, 5.41) is 12.5. The van der Waals surface area contributed by atoms with E-state index in [9.17, 15) is 4.79 Å². The standard InChI is InChI=1S/C22H26N4O2S/c1-4-5-14-26-21(17-10-12-18(28-3)13-11-17)24-25-22(26)29-15-20(27)23-19-9-7-6-8-16(19)2/h6-13H,4-5,14-15H2,1-3H3,(H,23,27). The minimum atomic E-state index is -0.0552. The Balaban J connectivity index is 1.73. The number of aromatic nitrogens is 3. The highest BCUT2D eigenvalue weighted by Crippen LogP contribution is 2.26. The van der Waals surface area contributed by atoms with Crippen LogP contribution < -0.4 is 10.1 Å². The molecule has 0 aliphatic carbocycles. The molecule has 1 amide bonds. The highest BCUT2D eigenvalue weighted by molar-refractivity contribution is 7.99. The van der Waals surface area contributed by atoms with E-state index in [1.165, 1.54) is 11.8 Å². The number of hydrogen-bond donors (Lipinski definition) is 1. The van der Waals surface area contributed by atoms with Crippen molar-refractivity contribution in [3.05, 3.63) is 54.1 Å². The van der Waals surface area contributed by atoms with E-state index in [0.29, 0.717) is 0 Å². The number of nitrogens with one attached hydrogen (secondary N) is 1. The number of methoxy groups -OCH3 is 1. The molecule has 2 aromatic carbocycles. The Morgan fingerprint density at radius 2 is 1.90 bits per heavy atom. The summed E-state index contributed by atoms with van der Waals surface area (Å²) < 4.78 is 7.33. The predicted octanol–water partition coefficient (Wildman–Crippen LogP) is 4.79. The van der Waals surface area contributed by atoms with Crippen LogP contribution in [0, 0.1) is 6.92 Å². The molecule has 0 aliphatic rings. The minimum Gasteiger partial charge on any atom is -0.497 e. The summed E-state index contributed by atoms with van der Waals surface area (Å²) >= 11 is 1.41. The van der Waals surface area contributed by atoms with E-state index >= 15 is 0 Å². The van der Waals surface area contributed by atoms with Crippen LogP contribution in [0.15, 0.2) is 53.7 Å². The maximum Gasteiger partial charge on any atom is 0.234 e. The van der Waals surface area contributed by atoms with Gasteiger partial charge >= 0.3 is 0 Å². The quantitative estimate of drug-likeness (QED) is 0.514. The average Bonchev–Trinajstić information content (AvgIpc) is 3.15. The van der Waals surface area contributed by atoms with Crippen LogP contribution in [0.1, 0.15) is 25.3 Å². The summed E-state index contributed by atoms with van der Waals surface area (Å²) in [6, 6.07) is 15.5. The second-order valence-corrected chi connectivity index (χ2v) is 7.63. The molecule has 0 fully saturated rings. The molecule has 0 spiro atoms. The minimum absolute atomic E-state index is 0.0552. The third kappa shape index (κ3) is 5.38. The second-order valence-electron chi connectivity index (χ2n) is 6.69. The Kier molecular flexibility index (Phi) is 7.30. The fourth-order valence-electron chi connectivity index (χ4n) is 2.90. The van der Waals surface area contributed by atoms with Crippen molar-refractivity contribution < 1.29 is 9.53 Å². The van der Waals surface area contributed by atoms with E-state index in [-0.39, 0.29) is 11.7 Å². The normalized spacial score (nSPS) is 10.7. The first-order valence-corrected chi connectivity index (χ1v) is 10.7. The van der Waals surface area contributed by atoms with Gasteiger partial charge in [-0.05, 0) is 49.2 Å². The van der Waals surface area contributed by atoms with Crippen LogP contribution in [0.3, 0.4) is 0 Å². The summed E-state index contributed by atoms with van der Waals surface area (Å²) in [5.74, 6) is 1.83. The van der Waals surface area contributed by atoms with Crippen LogP contribution in [0.2, 0.25) is 0 Å². The lowest BCUT2D eigenvalue weighted by molar-refractivity contribution is -0.113. The lowest BCUT2D eigenvalue weighted by Crippen LogP contribution is -2.15. The first-order chi connectivity index (χ1) is 14.1. The van der Waals surface area contributed by atoms with Gasteiger partial charge in [0.1, 0.15) is 5.75 Å². The Morgan fingerprint density at radius 3 is 2.59 bits per heavy atom. The molecule has 0 unspecified atom stereocenters. The van der Waals surface area contributed by atoms with Crippen molar-refractivity contribution in [3.8, 4) is 17.1 Å². The summed E-state index contributed by atoms with van der Waals surface area (Å²) in [4.78, 5) is 12.4. The number of amides is 1. The smallest absolute Gasteiger partial charge is 0.234 e. The van der Waals surface area contributed by atoms with E-state index in [1.807, 2.05) is 55.5 Å². The Bertz CT molecular complexity index is 954. The van der Waals surface area contributed by atoms with Crippen LogP contribution in [0.25, 0.3) is 11.4 Å². The molecule has 1 heterocycles. The van der Waals surface area contributed by atoms with Gasteiger partial charge in [0.05, 0.1) is 12.9 Å². The molecule has 0 saturated heterocycles. The second kappa shape index (κ2) is 10.1. The largest absolute Gasteiger partial charge is 0.497 e. The summed E-state index contributed by atoms with van der Waals surface area (Å²) in [5.41, 5.74) is 2.86. The maximum absolute atomic E-state index is 12.4. The highest BCUT2D eigenvalue weighted by atomic mass is 32.2. The SMILES string of the molecule is CCCCn1c(SCC(=O)Nc2ccccc2C)nnc1-c1ccc(OC)cc1. The number of unbranched alkanes of at least 4 members (excludes halogenated alkanes) is 1. The Hall–Kier alpha value is -2.80. The Labute approximate surface area is 175 Å². The van der Waals surface area contributed by atoms with Crippen molar-refractivity contribution in [2.24, 2.45) is 0 Å². The van der Waals surface area contributed by atoms with Gasteiger partial charge in [0.2, 0.25) is 5.91 Å². The maximum atomic E-state index is 12.4. The van der Waals surface area contributed by atoms with Gasteiger partial charge in [-0.25, -0.2) is 0 Å². The molecule has 152 valence electrons. The molecule has 3 aromatic rings. The first-order valence-electron chi connectivity index (χ1n) is 9.68. The van der Waals surface area contributed by atoms with Crippen molar-refractivity contribution in [3.63, 3.8) is 0 Å². The average molecular weight is 411 g/mol. The number of hydrogen-bond acceptors (Lipinski definition) is 5. The molecule has 7 heteroatoms. The van der Waals surface area contributed by atoms with E-state index < -0.39 is 0 Å². The zero-order chi connectivity index (χ0) is 20.6. The molecule has 3 rings (SSSR count). The van der Waals surface area contributed by atoms with E-state index in [4.69, 9.17) is 4.74 Å². The summed E-state index contributed by atoms with van der Waals surface area (Å²) in [6.07, 6.45) is 2.09. The third-order valence-corrected chi connectivity index (χ3v) is 5.52. The number of para-hydroxylation sites is 1. The van der Waals surface area contributed by atoms with Crippen molar-refractivity contribution in [2.75, 3.05) is 18.2 Å². The van der Waals surface area contributed by atoms with Gasteiger partial charge in [-0.3, -0.25) is 4.79 Å². The Morgan fingerprint density at radius 1 is 1.14 bits per heavy atom. The molecule has 0 radical (unpaired) electrons. The van der Waals surface area contributed by atoms with Crippen LogP contribution in [0.5, 0.6) is 5.75 Å². The third-order valence-electron chi connectivity index (χ3n) is 4.55. The zero-order valence-electron chi connectivity index (χ0n) is 17.0. The molecule has 0 atom stereocenters. The molecule has 1 aromatic heterocycles. The van der Waals surface area contributed by atoms with Crippen molar-refractivity contribution in [1.82, 2.24) is 14.8 Å². The number of ether oxygens (including phenoxy) is 1. The number of nitrogens with zero attached hydrogens (tertiary/aromatic N) is 3. The first kappa shape index (κ1) is 20.9. The summed E-state index contributed by atoms with van der Waals surface area (Å²) in [6.45, 7) is 4.94.